The van der Waals surface area contributed by atoms with Gasteiger partial charge >= 0.3 is 0 Å². The first-order chi connectivity index (χ1) is 6.25. The van der Waals surface area contributed by atoms with Gasteiger partial charge < -0.3 is 10.8 Å². The van der Waals surface area contributed by atoms with Crippen molar-refractivity contribution in [2.75, 3.05) is 6.54 Å². The van der Waals surface area contributed by atoms with Crippen LogP contribution in [-0.4, -0.2) is 11.7 Å². The Morgan fingerprint density at radius 1 is 1.46 bits per heavy atom. The van der Waals surface area contributed by atoms with Crippen LogP contribution in [0.3, 0.4) is 0 Å². The quantitative estimate of drug-likeness (QED) is 0.742. The molecule has 0 unspecified atom stereocenters. The van der Waals surface area contributed by atoms with Crippen LogP contribution in [0, 0.1) is 6.92 Å². The Kier molecular flexibility index (Phi) is 3.53. The second-order valence-corrected chi connectivity index (χ2v) is 2.99. The Bertz CT molecular complexity index is 285. The van der Waals surface area contributed by atoms with Crippen molar-refractivity contribution in [1.82, 2.24) is 0 Å². The molecule has 0 aromatic heterocycles. The highest BCUT2D eigenvalue weighted by Crippen LogP contribution is 2.21. The van der Waals surface area contributed by atoms with Gasteiger partial charge in [0.1, 0.15) is 5.75 Å². The lowest BCUT2D eigenvalue weighted by molar-refractivity contribution is 0.473. The van der Waals surface area contributed by atoms with Crippen molar-refractivity contribution in [3.63, 3.8) is 0 Å². The number of hydrogen-bond donors (Lipinski definition) is 2. The summed E-state index contributed by atoms with van der Waals surface area (Å²) in [5.41, 5.74) is 7.32. The van der Waals surface area contributed by atoms with Crippen LogP contribution in [0.5, 0.6) is 5.75 Å². The number of phenolic OH excluding ortho intramolecular Hbond substituents is 1. The van der Waals surface area contributed by atoms with Gasteiger partial charge in [-0.1, -0.05) is 24.3 Å². The highest BCUT2D eigenvalue weighted by molar-refractivity contribution is 5.60. The van der Waals surface area contributed by atoms with E-state index in [1.54, 1.807) is 6.07 Å². The van der Waals surface area contributed by atoms with E-state index in [9.17, 15) is 5.11 Å². The molecule has 0 bridgehead atoms. The molecule has 3 N–H and O–H groups in total. The minimum atomic E-state index is 0.327. The Labute approximate surface area is 78.7 Å². The van der Waals surface area contributed by atoms with Crippen LogP contribution in [-0.2, 0) is 0 Å². The molecule has 0 radical (unpaired) electrons. The van der Waals surface area contributed by atoms with Crippen LogP contribution < -0.4 is 5.73 Å². The second-order valence-electron chi connectivity index (χ2n) is 2.99. The van der Waals surface area contributed by atoms with Gasteiger partial charge in [0, 0.05) is 5.56 Å². The van der Waals surface area contributed by atoms with Gasteiger partial charge in [-0.3, -0.25) is 0 Å². The molecule has 1 rings (SSSR count). The third-order valence-electron chi connectivity index (χ3n) is 1.92. The molecule has 1 aromatic rings. The first kappa shape index (κ1) is 9.81. The molecule has 13 heavy (non-hydrogen) atoms. The van der Waals surface area contributed by atoms with E-state index in [0.717, 1.165) is 17.5 Å². The summed E-state index contributed by atoms with van der Waals surface area (Å²) in [6, 6.07) is 5.50. The first-order valence-corrected chi connectivity index (χ1v) is 4.41. The maximum atomic E-state index is 9.51. The van der Waals surface area contributed by atoms with Gasteiger partial charge in [-0.15, -0.1) is 0 Å². The van der Waals surface area contributed by atoms with Crippen LogP contribution in [0.15, 0.2) is 24.3 Å². The van der Waals surface area contributed by atoms with E-state index in [1.807, 2.05) is 31.2 Å². The van der Waals surface area contributed by atoms with Gasteiger partial charge in [0.15, 0.2) is 0 Å². The number of phenols is 1. The van der Waals surface area contributed by atoms with Crippen LogP contribution in [0.1, 0.15) is 17.5 Å². The van der Waals surface area contributed by atoms with E-state index in [2.05, 4.69) is 0 Å². The Morgan fingerprint density at radius 2 is 2.23 bits per heavy atom. The summed E-state index contributed by atoms with van der Waals surface area (Å²) < 4.78 is 0. The third kappa shape index (κ3) is 2.60. The lowest BCUT2D eigenvalue weighted by atomic mass is 10.1. The number of aryl methyl sites for hydroxylation is 1. The fourth-order valence-electron chi connectivity index (χ4n) is 1.18. The van der Waals surface area contributed by atoms with Gasteiger partial charge in [0.05, 0.1) is 0 Å². The monoisotopic (exact) mass is 177 g/mol. The van der Waals surface area contributed by atoms with Crippen LogP contribution in [0.4, 0.5) is 0 Å². The number of rotatable bonds is 3. The van der Waals surface area contributed by atoms with Crippen molar-refractivity contribution in [2.45, 2.75) is 13.3 Å². The smallest absolute Gasteiger partial charge is 0.123 e. The first-order valence-electron chi connectivity index (χ1n) is 4.41. The lowest BCUT2D eigenvalue weighted by Crippen LogP contribution is -1.95. The molecule has 0 spiro atoms. The topological polar surface area (TPSA) is 46.2 Å². The zero-order valence-electron chi connectivity index (χ0n) is 7.83. The lowest BCUT2D eigenvalue weighted by Gasteiger charge is -2.02. The molecule has 0 saturated heterocycles. The van der Waals surface area contributed by atoms with Gasteiger partial charge in [0.25, 0.3) is 0 Å². The molecule has 2 nitrogen and oxygen atoms in total. The molecule has 0 atom stereocenters. The minimum absolute atomic E-state index is 0.327. The molecule has 0 aliphatic heterocycles. The maximum absolute atomic E-state index is 9.51. The van der Waals surface area contributed by atoms with Crippen molar-refractivity contribution in [2.24, 2.45) is 5.73 Å². The van der Waals surface area contributed by atoms with Gasteiger partial charge in [0.2, 0.25) is 0 Å². The molecule has 0 saturated carbocycles. The predicted molar refractivity (Wildman–Crippen MR) is 55.5 cm³/mol. The van der Waals surface area contributed by atoms with E-state index in [-0.39, 0.29) is 0 Å². The summed E-state index contributed by atoms with van der Waals surface area (Å²) in [6.07, 6.45) is 4.73. The molecule has 0 aliphatic rings. The number of aromatic hydroxyl groups is 1. The van der Waals surface area contributed by atoms with Crippen molar-refractivity contribution < 1.29 is 5.11 Å². The zero-order valence-corrected chi connectivity index (χ0v) is 7.83. The normalized spacial score (nSPS) is 10.9. The Hall–Kier alpha value is -1.28. The Balaban J connectivity index is 2.87. The van der Waals surface area contributed by atoms with Crippen LogP contribution in [0.2, 0.25) is 0 Å². The largest absolute Gasteiger partial charge is 0.507 e. The van der Waals surface area contributed by atoms with Gasteiger partial charge in [-0.2, -0.15) is 0 Å². The molecule has 0 fully saturated rings. The summed E-state index contributed by atoms with van der Waals surface area (Å²) >= 11 is 0. The summed E-state index contributed by atoms with van der Waals surface area (Å²) in [5.74, 6) is 0.327. The molecule has 70 valence electrons. The van der Waals surface area contributed by atoms with E-state index in [4.69, 9.17) is 5.73 Å². The highest BCUT2D eigenvalue weighted by atomic mass is 16.3. The number of hydrogen-bond acceptors (Lipinski definition) is 2. The highest BCUT2D eigenvalue weighted by Gasteiger charge is 1.98. The van der Waals surface area contributed by atoms with Crippen molar-refractivity contribution >= 4 is 6.08 Å². The fourth-order valence-corrected chi connectivity index (χ4v) is 1.18. The molecule has 2 heteroatoms. The fraction of sp³-hybridized carbons (Fsp3) is 0.273. The van der Waals surface area contributed by atoms with Crippen molar-refractivity contribution in [3.05, 3.63) is 35.4 Å². The molecule has 1 aromatic carbocycles. The molecule has 0 aliphatic carbocycles. The van der Waals surface area contributed by atoms with E-state index >= 15 is 0 Å². The van der Waals surface area contributed by atoms with Crippen LogP contribution in [0.25, 0.3) is 6.08 Å². The van der Waals surface area contributed by atoms with Gasteiger partial charge in [-0.25, -0.2) is 0 Å². The summed E-state index contributed by atoms with van der Waals surface area (Å²) in [6.45, 7) is 2.62. The van der Waals surface area contributed by atoms with Crippen LogP contribution >= 0.6 is 0 Å². The average Bonchev–Trinajstić information content (AvgIpc) is 2.10. The van der Waals surface area contributed by atoms with E-state index in [0.29, 0.717) is 12.3 Å². The maximum Gasteiger partial charge on any atom is 0.123 e. The van der Waals surface area contributed by atoms with E-state index in [1.165, 1.54) is 0 Å². The third-order valence-corrected chi connectivity index (χ3v) is 1.92. The van der Waals surface area contributed by atoms with Gasteiger partial charge in [-0.05, 0) is 31.5 Å². The SMILES string of the molecule is Cc1cccc(O)c1C=CCCN. The summed E-state index contributed by atoms with van der Waals surface area (Å²) in [5, 5.41) is 9.51. The molecular formula is C11H15NO. The standard InChI is InChI=1S/C11H15NO/c1-9-5-4-7-11(13)10(9)6-2-3-8-12/h2,4-7,13H,3,8,12H2,1H3. The molecular weight excluding hydrogens is 162 g/mol. The predicted octanol–water partition coefficient (Wildman–Crippen LogP) is 2.06. The summed E-state index contributed by atoms with van der Waals surface area (Å²) in [4.78, 5) is 0. The second kappa shape index (κ2) is 4.67. The molecule has 0 amide bonds. The summed E-state index contributed by atoms with van der Waals surface area (Å²) in [7, 11) is 0. The number of nitrogens with two attached hydrogens (primary N) is 1. The zero-order chi connectivity index (χ0) is 9.68. The van der Waals surface area contributed by atoms with Crippen molar-refractivity contribution in [3.8, 4) is 5.75 Å². The number of benzene rings is 1. The van der Waals surface area contributed by atoms with Crippen molar-refractivity contribution in [1.29, 1.82) is 0 Å². The Morgan fingerprint density at radius 3 is 2.85 bits per heavy atom. The molecule has 0 heterocycles. The average molecular weight is 177 g/mol. The minimum Gasteiger partial charge on any atom is -0.507 e. The van der Waals surface area contributed by atoms with E-state index < -0.39 is 0 Å².